The van der Waals surface area contributed by atoms with Gasteiger partial charge >= 0.3 is 6.03 Å². The highest BCUT2D eigenvalue weighted by Gasteiger charge is 2.11. The van der Waals surface area contributed by atoms with E-state index in [-0.39, 0.29) is 17.1 Å². The molecule has 0 aliphatic heterocycles. The second kappa shape index (κ2) is 7.69. The van der Waals surface area contributed by atoms with Crippen LogP contribution in [0.3, 0.4) is 0 Å². The van der Waals surface area contributed by atoms with Gasteiger partial charge in [-0.25, -0.2) is 9.18 Å². The van der Waals surface area contributed by atoms with E-state index >= 15 is 0 Å². The first kappa shape index (κ1) is 16.9. The molecular formula is C16H16ClFN2O3. The van der Waals surface area contributed by atoms with Crippen LogP contribution in [0.25, 0.3) is 0 Å². The number of carbonyl (C=O) groups is 1. The Bertz CT molecular complexity index is 689. The fourth-order valence-corrected chi connectivity index (χ4v) is 2.18. The molecule has 5 nitrogen and oxygen atoms in total. The minimum atomic E-state index is -0.518. The average molecular weight is 339 g/mol. The number of rotatable bonds is 5. The molecule has 2 N–H and O–H groups in total. The van der Waals surface area contributed by atoms with Gasteiger partial charge in [-0.15, -0.1) is 0 Å². The van der Waals surface area contributed by atoms with Crippen LogP contribution in [0.2, 0.25) is 5.02 Å². The number of halogens is 2. The topological polar surface area (TPSA) is 59.6 Å². The summed E-state index contributed by atoms with van der Waals surface area (Å²) in [5, 5.41) is 5.43. The molecule has 0 fully saturated rings. The minimum Gasteiger partial charge on any atom is -0.497 e. The Morgan fingerprint density at radius 1 is 1.22 bits per heavy atom. The van der Waals surface area contributed by atoms with E-state index in [9.17, 15) is 9.18 Å². The number of hydrogen-bond acceptors (Lipinski definition) is 3. The molecule has 122 valence electrons. The lowest BCUT2D eigenvalue weighted by molar-refractivity contribution is 0.251. The standard InChI is InChI=1S/C16H16ClFN2O3/c1-22-10-6-7-15(23-2)14(8-10)20-16(21)19-9-11-12(17)4-3-5-13(11)18/h3-8H,9H2,1-2H3,(H2,19,20,21). The zero-order valence-corrected chi connectivity index (χ0v) is 13.4. The lowest BCUT2D eigenvalue weighted by atomic mass is 10.2. The Morgan fingerprint density at radius 2 is 2.00 bits per heavy atom. The number of amides is 2. The Kier molecular flexibility index (Phi) is 5.65. The van der Waals surface area contributed by atoms with Crippen molar-refractivity contribution < 1.29 is 18.7 Å². The molecule has 0 atom stereocenters. The summed E-state index contributed by atoms with van der Waals surface area (Å²) in [6.45, 7) is -0.0381. The average Bonchev–Trinajstić information content (AvgIpc) is 2.54. The van der Waals surface area contributed by atoms with Crippen LogP contribution >= 0.6 is 11.6 Å². The summed E-state index contributed by atoms with van der Waals surface area (Å²) in [4.78, 5) is 12.0. The van der Waals surface area contributed by atoms with E-state index in [1.807, 2.05) is 0 Å². The summed E-state index contributed by atoms with van der Waals surface area (Å²) in [5.41, 5.74) is 0.658. The molecule has 2 rings (SSSR count). The molecule has 0 saturated carbocycles. The first-order chi connectivity index (χ1) is 11.0. The molecule has 0 aliphatic rings. The first-order valence-electron chi connectivity index (χ1n) is 6.75. The highest BCUT2D eigenvalue weighted by Crippen LogP contribution is 2.28. The zero-order valence-electron chi connectivity index (χ0n) is 12.7. The molecule has 0 heterocycles. The molecule has 0 spiro atoms. The maximum atomic E-state index is 13.7. The van der Waals surface area contributed by atoms with Gasteiger partial charge in [0.05, 0.1) is 19.9 Å². The molecule has 0 saturated heterocycles. The van der Waals surface area contributed by atoms with E-state index in [0.29, 0.717) is 17.2 Å². The number of methoxy groups -OCH3 is 2. The SMILES string of the molecule is COc1ccc(OC)c(NC(=O)NCc2c(F)cccc2Cl)c1. The molecule has 0 radical (unpaired) electrons. The van der Waals surface area contributed by atoms with Crippen molar-refractivity contribution >= 4 is 23.3 Å². The Balaban J connectivity index is 2.05. The number of benzene rings is 2. The van der Waals surface area contributed by atoms with E-state index in [2.05, 4.69) is 10.6 Å². The van der Waals surface area contributed by atoms with Crippen molar-refractivity contribution in [3.63, 3.8) is 0 Å². The van der Waals surface area contributed by atoms with Crippen molar-refractivity contribution in [1.29, 1.82) is 0 Å². The van der Waals surface area contributed by atoms with Gasteiger partial charge in [0.2, 0.25) is 0 Å². The second-order valence-electron chi connectivity index (χ2n) is 4.57. The monoisotopic (exact) mass is 338 g/mol. The third kappa shape index (κ3) is 4.26. The zero-order chi connectivity index (χ0) is 16.8. The van der Waals surface area contributed by atoms with Crippen molar-refractivity contribution in [1.82, 2.24) is 5.32 Å². The number of ether oxygens (including phenoxy) is 2. The van der Waals surface area contributed by atoms with Crippen LogP contribution in [0.15, 0.2) is 36.4 Å². The summed E-state index contributed by atoms with van der Waals surface area (Å²) in [6.07, 6.45) is 0. The molecule has 0 bridgehead atoms. The lowest BCUT2D eigenvalue weighted by Gasteiger charge is -2.13. The third-order valence-electron chi connectivity index (χ3n) is 3.14. The highest BCUT2D eigenvalue weighted by molar-refractivity contribution is 6.31. The molecule has 0 aromatic heterocycles. The van der Waals surface area contributed by atoms with Crippen LogP contribution in [0.5, 0.6) is 11.5 Å². The summed E-state index contributed by atoms with van der Waals surface area (Å²) < 4.78 is 23.9. The largest absolute Gasteiger partial charge is 0.497 e. The Labute approximate surface area is 138 Å². The van der Waals surface area contributed by atoms with Gasteiger partial charge in [0, 0.05) is 23.2 Å². The van der Waals surface area contributed by atoms with Gasteiger partial charge in [-0.2, -0.15) is 0 Å². The van der Waals surface area contributed by atoms with Crippen LogP contribution in [-0.4, -0.2) is 20.3 Å². The van der Waals surface area contributed by atoms with Crippen LogP contribution < -0.4 is 20.1 Å². The van der Waals surface area contributed by atoms with Gasteiger partial charge < -0.3 is 20.1 Å². The highest BCUT2D eigenvalue weighted by atomic mass is 35.5. The van der Waals surface area contributed by atoms with E-state index in [1.54, 1.807) is 24.3 Å². The van der Waals surface area contributed by atoms with Gasteiger partial charge in [-0.3, -0.25) is 0 Å². The Hall–Kier alpha value is -2.47. The van der Waals surface area contributed by atoms with Gasteiger partial charge in [0.25, 0.3) is 0 Å². The van der Waals surface area contributed by atoms with Crippen molar-refractivity contribution in [3.8, 4) is 11.5 Å². The van der Waals surface area contributed by atoms with Gasteiger partial charge in [-0.05, 0) is 24.3 Å². The summed E-state index contributed by atoms with van der Waals surface area (Å²) >= 11 is 5.91. The number of hydrogen-bond donors (Lipinski definition) is 2. The molecular weight excluding hydrogens is 323 g/mol. The molecule has 0 aliphatic carbocycles. The molecule has 7 heteroatoms. The molecule has 2 aromatic carbocycles. The van der Waals surface area contributed by atoms with E-state index in [0.717, 1.165) is 0 Å². The van der Waals surface area contributed by atoms with Gasteiger partial charge in [0.1, 0.15) is 17.3 Å². The smallest absolute Gasteiger partial charge is 0.319 e. The van der Waals surface area contributed by atoms with Gasteiger partial charge in [-0.1, -0.05) is 17.7 Å². The summed E-state index contributed by atoms with van der Waals surface area (Å²) in [5.74, 6) is 0.569. The van der Waals surface area contributed by atoms with E-state index < -0.39 is 11.8 Å². The lowest BCUT2D eigenvalue weighted by Crippen LogP contribution is -2.28. The molecule has 23 heavy (non-hydrogen) atoms. The predicted octanol–water partition coefficient (Wildman–Crippen LogP) is 3.82. The van der Waals surface area contributed by atoms with Crippen LogP contribution in [0, 0.1) is 5.82 Å². The third-order valence-corrected chi connectivity index (χ3v) is 3.50. The second-order valence-corrected chi connectivity index (χ2v) is 4.98. The van der Waals surface area contributed by atoms with Crippen LogP contribution in [-0.2, 0) is 6.54 Å². The van der Waals surface area contributed by atoms with Crippen molar-refractivity contribution in [2.24, 2.45) is 0 Å². The van der Waals surface area contributed by atoms with Gasteiger partial charge in [0.15, 0.2) is 0 Å². The Morgan fingerprint density at radius 3 is 2.65 bits per heavy atom. The van der Waals surface area contributed by atoms with Crippen LogP contribution in [0.1, 0.15) is 5.56 Å². The molecule has 2 amide bonds. The van der Waals surface area contributed by atoms with Crippen molar-refractivity contribution in [2.45, 2.75) is 6.54 Å². The van der Waals surface area contributed by atoms with E-state index in [4.69, 9.17) is 21.1 Å². The maximum Gasteiger partial charge on any atom is 0.319 e. The minimum absolute atomic E-state index is 0.0381. The van der Waals surface area contributed by atoms with Crippen molar-refractivity contribution in [3.05, 3.63) is 52.8 Å². The van der Waals surface area contributed by atoms with Crippen LogP contribution in [0.4, 0.5) is 14.9 Å². The molecule has 2 aromatic rings. The summed E-state index contributed by atoms with van der Waals surface area (Å²) in [6, 6.07) is 8.83. The first-order valence-corrected chi connectivity index (χ1v) is 7.12. The number of carbonyl (C=O) groups excluding carboxylic acids is 1. The molecule has 0 unspecified atom stereocenters. The number of urea groups is 1. The van der Waals surface area contributed by atoms with Crippen molar-refractivity contribution in [2.75, 3.05) is 19.5 Å². The van der Waals surface area contributed by atoms with E-state index in [1.165, 1.54) is 26.4 Å². The number of anilines is 1. The fraction of sp³-hybridized carbons (Fsp3) is 0.188. The normalized spacial score (nSPS) is 10.1. The maximum absolute atomic E-state index is 13.7. The predicted molar refractivity (Wildman–Crippen MR) is 86.8 cm³/mol. The number of nitrogens with one attached hydrogen (secondary N) is 2. The quantitative estimate of drug-likeness (QED) is 0.871. The fourth-order valence-electron chi connectivity index (χ4n) is 1.95. The summed E-state index contributed by atoms with van der Waals surface area (Å²) in [7, 11) is 3.01.